The number of ether oxygens (including phenoxy) is 2. The summed E-state index contributed by atoms with van der Waals surface area (Å²) in [5, 5.41) is 0. The van der Waals surface area contributed by atoms with Crippen LogP contribution in [-0.2, 0) is 9.47 Å². The van der Waals surface area contributed by atoms with E-state index in [2.05, 4.69) is 6.92 Å². The molecule has 1 aliphatic heterocycles. The Balaban J connectivity index is 2.05. The van der Waals surface area contributed by atoms with Gasteiger partial charge < -0.3 is 9.47 Å². The minimum absolute atomic E-state index is 0.0921. The molecule has 0 N–H and O–H groups in total. The molecule has 1 saturated heterocycles. The fourth-order valence-corrected chi connectivity index (χ4v) is 2.19. The molecule has 1 aromatic carbocycles. The molecule has 2 rings (SSSR count). The van der Waals surface area contributed by atoms with Gasteiger partial charge in [-0.2, -0.15) is 0 Å². The van der Waals surface area contributed by atoms with Crippen LogP contribution in [0.25, 0.3) is 0 Å². The molecule has 4 heteroatoms. The zero-order chi connectivity index (χ0) is 11.4. The zero-order valence-electron chi connectivity index (χ0n) is 9.14. The maximum Gasteiger partial charge on any atom is 0.222 e. The lowest BCUT2D eigenvalue weighted by molar-refractivity contribution is -0.0213. The predicted octanol–water partition coefficient (Wildman–Crippen LogP) is 2.35. The molecular weight excluding hydrogens is 224 g/mol. The highest BCUT2D eigenvalue weighted by atomic mass is 32.2. The Kier molecular flexibility index (Phi) is 3.98. The summed E-state index contributed by atoms with van der Waals surface area (Å²) in [6, 6.07) is 7.56. The highest BCUT2D eigenvalue weighted by Crippen LogP contribution is 2.19. The number of Topliss-reactive ketones (excluding diaryl/α,β-unsaturated/α-hetero) is 1. The van der Waals surface area contributed by atoms with E-state index in [1.807, 2.05) is 24.3 Å². The lowest BCUT2D eigenvalue weighted by Gasteiger charge is -2.08. The lowest BCUT2D eigenvalue weighted by atomic mass is 10.1. The average Bonchev–Trinajstić information content (AvgIpc) is 2.83. The monoisotopic (exact) mass is 238 g/mol. The Morgan fingerprint density at radius 1 is 1.31 bits per heavy atom. The first-order valence-corrected chi connectivity index (χ1v) is 6.30. The van der Waals surface area contributed by atoms with Crippen molar-refractivity contribution in [1.82, 2.24) is 0 Å². The van der Waals surface area contributed by atoms with Crippen LogP contribution in [0.3, 0.4) is 0 Å². The Hall–Kier alpha value is -0.840. The van der Waals surface area contributed by atoms with Gasteiger partial charge in [0.15, 0.2) is 0 Å². The Morgan fingerprint density at radius 3 is 2.50 bits per heavy atom. The number of ketones is 1. The van der Waals surface area contributed by atoms with Crippen LogP contribution in [-0.4, -0.2) is 31.0 Å². The summed E-state index contributed by atoms with van der Waals surface area (Å²) in [5.41, 5.74) is 0.646. The van der Waals surface area contributed by atoms with Gasteiger partial charge in [0.2, 0.25) is 12.1 Å². The summed E-state index contributed by atoms with van der Waals surface area (Å²) in [7, 11) is 0. The number of thioether (sulfide) groups is 1. The van der Waals surface area contributed by atoms with Crippen LogP contribution >= 0.6 is 11.8 Å². The van der Waals surface area contributed by atoms with Crippen molar-refractivity contribution in [1.29, 1.82) is 0 Å². The van der Waals surface area contributed by atoms with E-state index >= 15 is 0 Å². The molecule has 86 valence electrons. The summed E-state index contributed by atoms with van der Waals surface area (Å²) in [5.74, 6) is 0.938. The molecule has 1 aromatic rings. The molecule has 0 amide bonds. The first-order chi connectivity index (χ1) is 7.81. The molecule has 1 aliphatic rings. The molecule has 0 atom stereocenters. The molecule has 3 nitrogen and oxygen atoms in total. The molecule has 1 heterocycles. The molecule has 0 aliphatic carbocycles. The van der Waals surface area contributed by atoms with Gasteiger partial charge in [0.25, 0.3) is 0 Å². The van der Waals surface area contributed by atoms with Gasteiger partial charge in [0, 0.05) is 10.5 Å². The third kappa shape index (κ3) is 2.64. The SMILES string of the molecule is CCSc1ccc(C(=O)C2OCCO2)cc1. The van der Waals surface area contributed by atoms with Gasteiger partial charge in [0.1, 0.15) is 0 Å². The van der Waals surface area contributed by atoms with Crippen molar-refractivity contribution >= 4 is 17.5 Å². The Bertz CT molecular complexity index is 355. The summed E-state index contributed by atoms with van der Waals surface area (Å²) < 4.78 is 10.3. The van der Waals surface area contributed by atoms with Gasteiger partial charge in [-0.1, -0.05) is 19.1 Å². The predicted molar refractivity (Wildman–Crippen MR) is 62.9 cm³/mol. The van der Waals surface area contributed by atoms with Gasteiger partial charge in [-0.15, -0.1) is 11.8 Å². The minimum Gasteiger partial charge on any atom is -0.343 e. The second kappa shape index (κ2) is 5.48. The van der Waals surface area contributed by atoms with E-state index in [-0.39, 0.29) is 5.78 Å². The zero-order valence-corrected chi connectivity index (χ0v) is 9.96. The van der Waals surface area contributed by atoms with Crippen LogP contribution in [0, 0.1) is 0 Å². The Labute approximate surface area is 99.1 Å². The van der Waals surface area contributed by atoms with Crippen LogP contribution in [0.4, 0.5) is 0 Å². The van der Waals surface area contributed by atoms with Crippen molar-refractivity contribution < 1.29 is 14.3 Å². The van der Waals surface area contributed by atoms with Gasteiger partial charge in [0.05, 0.1) is 13.2 Å². The van der Waals surface area contributed by atoms with Crippen molar-refractivity contribution in [2.24, 2.45) is 0 Å². The van der Waals surface area contributed by atoms with Crippen LogP contribution in [0.1, 0.15) is 17.3 Å². The summed E-state index contributed by atoms with van der Waals surface area (Å²) in [4.78, 5) is 13.0. The summed E-state index contributed by atoms with van der Waals surface area (Å²) in [6.45, 7) is 3.10. The van der Waals surface area contributed by atoms with Crippen molar-refractivity contribution in [2.45, 2.75) is 18.1 Å². The smallest absolute Gasteiger partial charge is 0.222 e. The average molecular weight is 238 g/mol. The van der Waals surface area contributed by atoms with Crippen LogP contribution in [0.2, 0.25) is 0 Å². The van der Waals surface area contributed by atoms with Gasteiger partial charge in [-0.3, -0.25) is 4.79 Å². The molecule has 0 spiro atoms. The number of benzene rings is 1. The maximum atomic E-state index is 11.9. The topological polar surface area (TPSA) is 35.5 Å². The van der Waals surface area contributed by atoms with E-state index in [0.717, 1.165) is 5.75 Å². The van der Waals surface area contributed by atoms with E-state index in [0.29, 0.717) is 18.8 Å². The van der Waals surface area contributed by atoms with E-state index in [1.54, 1.807) is 11.8 Å². The number of hydrogen-bond acceptors (Lipinski definition) is 4. The van der Waals surface area contributed by atoms with Crippen LogP contribution < -0.4 is 0 Å². The highest BCUT2D eigenvalue weighted by molar-refractivity contribution is 7.99. The third-order valence-electron chi connectivity index (χ3n) is 2.29. The number of carbonyl (C=O) groups is 1. The van der Waals surface area contributed by atoms with Gasteiger partial charge in [-0.05, 0) is 17.9 Å². The molecule has 1 fully saturated rings. The van der Waals surface area contributed by atoms with Crippen molar-refractivity contribution in [3.05, 3.63) is 29.8 Å². The molecule has 0 unspecified atom stereocenters. The fraction of sp³-hybridized carbons (Fsp3) is 0.417. The second-order valence-electron chi connectivity index (χ2n) is 3.40. The minimum atomic E-state index is -0.704. The second-order valence-corrected chi connectivity index (χ2v) is 4.73. The number of hydrogen-bond donors (Lipinski definition) is 0. The van der Waals surface area contributed by atoms with Crippen molar-refractivity contribution in [3.8, 4) is 0 Å². The normalized spacial score (nSPS) is 16.6. The largest absolute Gasteiger partial charge is 0.343 e. The fourth-order valence-electron chi connectivity index (χ4n) is 1.53. The molecular formula is C12H14O3S. The highest BCUT2D eigenvalue weighted by Gasteiger charge is 2.25. The first kappa shape index (κ1) is 11.6. The molecule has 16 heavy (non-hydrogen) atoms. The van der Waals surface area contributed by atoms with E-state index in [1.165, 1.54) is 4.90 Å². The quantitative estimate of drug-likeness (QED) is 0.596. The standard InChI is InChI=1S/C12H14O3S/c1-2-16-10-5-3-9(4-6-10)11(13)12-14-7-8-15-12/h3-6,12H,2,7-8H2,1H3. The van der Waals surface area contributed by atoms with Crippen molar-refractivity contribution in [3.63, 3.8) is 0 Å². The number of rotatable bonds is 4. The summed E-state index contributed by atoms with van der Waals surface area (Å²) >= 11 is 1.75. The van der Waals surface area contributed by atoms with E-state index in [9.17, 15) is 4.79 Å². The lowest BCUT2D eigenvalue weighted by Crippen LogP contribution is -2.21. The van der Waals surface area contributed by atoms with E-state index < -0.39 is 6.29 Å². The number of carbonyl (C=O) groups excluding carboxylic acids is 1. The maximum absolute atomic E-state index is 11.9. The van der Waals surface area contributed by atoms with Gasteiger partial charge in [-0.25, -0.2) is 0 Å². The van der Waals surface area contributed by atoms with Crippen LogP contribution in [0.5, 0.6) is 0 Å². The third-order valence-corrected chi connectivity index (χ3v) is 3.18. The van der Waals surface area contributed by atoms with Crippen LogP contribution in [0.15, 0.2) is 29.2 Å². The van der Waals surface area contributed by atoms with Crippen molar-refractivity contribution in [2.75, 3.05) is 19.0 Å². The molecule has 0 saturated carbocycles. The molecule has 0 aromatic heterocycles. The molecule has 0 radical (unpaired) electrons. The summed E-state index contributed by atoms with van der Waals surface area (Å²) in [6.07, 6.45) is -0.704. The Morgan fingerprint density at radius 2 is 1.94 bits per heavy atom. The van der Waals surface area contributed by atoms with E-state index in [4.69, 9.17) is 9.47 Å². The first-order valence-electron chi connectivity index (χ1n) is 5.31. The molecule has 0 bridgehead atoms. The van der Waals surface area contributed by atoms with Gasteiger partial charge >= 0.3 is 0 Å².